The highest BCUT2D eigenvalue weighted by atomic mass is 127. The Kier molecular flexibility index (Phi) is 5.47. The van der Waals surface area contributed by atoms with Crippen molar-refractivity contribution in [3.8, 4) is 0 Å². The summed E-state index contributed by atoms with van der Waals surface area (Å²) in [5.74, 6) is 0. The number of aromatic nitrogens is 2. The van der Waals surface area contributed by atoms with Gasteiger partial charge in [0.2, 0.25) is 0 Å². The van der Waals surface area contributed by atoms with Gasteiger partial charge in [0.15, 0.2) is 0 Å². The van der Waals surface area contributed by atoms with Crippen molar-refractivity contribution < 1.29 is 4.74 Å². The molecule has 0 bridgehead atoms. The first-order valence-electron chi connectivity index (χ1n) is 5.27. The predicted octanol–water partition coefficient (Wildman–Crippen LogP) is 3.87. The predicted molar refractivity (Wildman–Crippen MR) is 81.5 cm³/mol. The topological polar surface area (TPSA) is 27.1 Å². The third kappa shape index (κ3) is 4.46. The molecule has 0 saturated carbocycles. The first kappa shape index (κ1) is 14.7. The van der Waals surface area contributed by atoms with Crippen LogP contribution in [0.1, 0.15) is 5.69 Å². The lowest BCUT2D eigenvalue weighted by Gasteiger charge is -2.15. The van der Waals surface area contributed by atoms with Crippen LogP contribution in [0, 0.1) is 10.5 Å². The lowest BCUT2D eigenvalue weighted by molar-refractivity contribution is 0.0767. The molecule has 0 aliphatic rings. The molecule has 0 aromatic carbocycles. The summed E-state index contributed by atoms with van der Waals surface area (Å²) in [6.45, 7) is 10.4. The molecule has 1 aromatic heterocycles. The number of hydrogen-bond acceptors (Lipinski definition) is 2. The Labute approximate surface area is 120 Å². The summed E-state index contributed by atoms with van der Waals surface area (Å²) in [5, 5.41) is 4.39. The lowest BCUT2D eigenvalue weighted by atomic mass is 10.5. The van der Waals surface area contributed by atoms with E-state index in [1.807, 2.05) is 11.6 Å². The Balaban J connectivity index is 2.41. The monoisotopic (exact) mass is 416 g/mol. The first-order valence-corrected chi connectivity index (χ1v) is 10.9. The Bertz CT molecular complexity index is 362. The highest BCUT2D eigenvalue weighted by Crippen LogP contribution is 2.22. The zero-order chi connectivity index (χ0) is 12.3. The molecular formula is C10H18BrIN2OSi. The molecule has 0 radical (unpaired) electrons. The van der Waals surface area contributed by atoms with Crippen LogP contribution < -0.4 is 0 Å². The van der Waals surface area contributed by atoms with E-state index in [9.17, 15) is 0 Å². The van der Waals surface area contributed by atoms with E-state index in [-0.39, 0.29) is 0 Å². The van der Waals surface area contributed by atoms with Crippen LogP contribution in [0.2, 0.25) is 25.7 Å². The number of hydrogen-bond donors (Lipinski definition) is 0. The minimum atomic E-state index is -0.983. The van der Waals surface area contributed by atoms with Gasteiger partial charge in [-0.2, -0.15) is 5.10 Å². The van der Waals surface area contributed by atoms with E-state index in [0.29, 0.717) is 6.73 Å². The van der Waals surface area contributed by atoms with Gasteiger partial charge in [-0.05, 0) is 51.5 Å². The van der Waals surface area contributed by atoms with Crippen molar-refractivity contribution >= 4 is 46.6 Å². The van der Waals surface area contributed by atoms with Crippen LogP contribution >= 0.6 is 38.5 Å². The minimum Gasteiger partial charge on any atom is -0.359 e. The van der Waals surface area contributed by atoms with Gasteiger partial charge in [-0.1, -0.05) is 19.6 Å². The molecular weight excluding hydrogens is 399 g/mol. The largest absolute Gasteiger partial charge is 0.359 e. The van der Waals surface area contributed by atoms with Gasteiger partial charge in [-0.15, -0.1) is 0 Å². The zero-order valence-corrected chi connectivity index (χ0v) is 14.9. The van der Waals surface area contributed by atoms with E-state index in [0.717, 1.165) is 20.5 Å². The highest BCUT2D eigenvalue weighted by Gasteiger charge is 2.13. The molecule has 1 aromatic rings. The Morgan fingerprint density at radius 1 is 1.44 bits per heavy atom. The average molecular weight is 417 g/mol. The highest BCUT2D eigenvalue weighted by molar-refractivity contribution is 14.1. The van der Waals surface area contributed by atoms with Crippen molar-refractivity contribution in [1.29, 1.82) is 0 Å². The zero-order valence-electron chi connectivity index (χ0n) is 10.2. The molecule has 1 rings (SSSR count). The summed E-state index contributed by atoms with van der Waals surface area (Å²) >= 11 is 5.80. The molecule has 0 aliphatic heterocycles. The van der Waals surface area contributed by atoms with Crippen LogP contribution in [0.4, 0.5) is 0 Å². The second-order valence-electron chi connectivity index (χ2n) is 5.04. The molecule has 6 heteroatoms. The second-order valence-corrected chi connectivity index (χ2v) is 12.5. The van der Waals surface area contributed by atoms with Crippen molar-refractivity contribution in [2.24, 2.45) is 0 Å². The van der Waals surface area contributed by atoms with E-state index in [4.69, 9.17) is 4.74 Å². The van der Waals surface area contributed by atoms with E-state index in [2.05, 4.69) is 63.3 Å². The fraction of sp³-hybridized carbons (Fsp3) is 0.700. The van der Waals surface area contributed by atoms with Gasteiger partial charge in [0.1, 0.15) is 11.3 Å². The van der Waals surface area contributed by atoms with Gasteiger partial charge in [0, 0.05) is 14.7 Å². The first-order chi connectivity index (χ1) is 7.31. The van der Waals surface area contributed by atoms with E-state index in [1.54, 1.807) is 0 Å². The van der Waals surface area contributed by atoms with Crippen molar-refractivity contribution in [2.75, 3.05) is 6.61 Å². The van der Waals surface area contributed by atoms with Crippen molar-refractivity contribution in [3.63, 3.8) is 0 Å². The molecule has 0 saturated heterocycles. The van der Waals surface area contributed by atoms with Gasteiger partial charge in [-0.25, -0.2) is 4.68 Å². The summed E-state index contributed by atoms with van der Waals surface area (Å²) in [4.78, 5) is 0. The summed E-state index contributed by atoms with van der Waals surface area (Å²) in [7, 11) is -0.983. The van der Waals surface area contributed by atoms with Crippen LogP contribution in [-0.4, -0.2) is 24.5 Å². The Morgan fingerprint density at radius 3 is 2.50 bits per heavy atom. The molecule has 0 spiro atoms. The number of ether oxygens (including phenoxy) is 1. The summed E-state index contributed by atoms with van der Waals surface area (Å²) in [6, 6.07) is 1.20. The fourth-order valence-corrected chi connectivity index (χ4v) is 2.76. The molecule has 3 nitrogen and oxygen atoms in total. The SMILES string of the molecule is Cc1nn(COCC[Si](C)(C)C)c(Br)c1I. The number of rotatable bonds is 5. The van der Waals surface area contributed by atoms with Crippen LogP contribution in [0.25, 0.3) is 0 Å². The molecule has 0 N–H and O–H groups in total. The number of aryl methyl sites for hydroxylation is 1. The maximum atomic E-state index is 5.65. The average Bonchev–Trinajstić information content (AvgIpc) is 2.40. The molecule has 0 atom stereocenters. The molecule has 0 fully saturated rings. The van der Waals surface area contributed by atoms with E-state index < -0.39 is 8.07 Å². The van der Waals surface area contributed by atoms with Crippen LogP contribution in [-0.2, 0) is 11.5 Å². The maximum absolute atomic E-state index is 5.65. The molecule has 92 valence electrons. The molecule has 0 amide bonds. The normalized spacial score (nSPS) is 12.1. The van der Waals surface area contributed by atoms with Crippen LogP contribution in [0.15, 0.2) is 4.60 Å². The second kappa shape index (κ2) is 5.97. The van der Waals surface area contributed by atoms with Crippen molar-refractivity contribution in [1.82, 2.24) is 9.78 Å². The van der Waals surface area contributed by atoms with Gasteiger partial charge < -0.3 is 4.74 Å². The van der Waals surface area contributed by atoms with Gasteiger partial charge in [-0.3, -0.25) is 0 Å². The summed E-state index contributed by atoms with van der Waals surface area (Å²) < 4.78 is 9.68. The minimum absolute atomic E-state index is 0.537. The Morgan fingerprint density at radius 2 is 2.06 bits per heavy atom. The van der Waals surface area contributed by atoms with E-state index in [1.165, 1.54) is 6.04 Å². The van der Waals surface area contributed by atoms with E-state index >= 15 is 0 Å². The Hall–Kier alpha value is 0.597. The molecule has 0 unspecified atom stereocenters. The van der Waals surface area contributed by atoms with Crippen molar-refractivity contribution in [2.45, 2.75) is 39.3 Å². The van der Waals surface area contributed by atoms with Crippen LogP contribution in [0.5, 0.6) is 0 Å². The van der Waals surface area contributed by atoms with Gasteiger partial charge in [0.25, 0.3) is 0 Å². The van der Waals surface area contributed by atoms with Gasteiger partial charge >= 0.3 is 0 Å². The number of nitrogens with zero attached hydrogens (tertiary/aromatic N) is 2. The molecule has 16 heavy (non-hydrogen) atoms. The van der Waals surface area contributed by atoms with Gasteiger partial charge in [0.05, 0.1) is 9.26 Å². The smallest absolute Gasteiger partial charge is 0.140 e. The third-order valence-electron chi connectivity index (χ3n) is 2.21. The fourth-order valence-electron chi connectivity index (χ4n) is 1.15. The third-order valence-corrected chi connectivity index (χ3v) is 6.75. The maximum Gasteiger partial charge on any atom is 0.140 e. The lowest BCUT2D eigenvalue weighted by Crippen LogP contribution is -2.22. The van der Waals surface area contributed by atoms with Crippen LogP contribution in [0.3, 0.4) is 0 Å². The molecule has 0 aliphatic carbocycles. The van der Waals surface area contributed by atoms with Crippen molar-refractivity contribution in [3.05, 3.63) is 13.9 Å². The summed E-state index contributed by atoms with van der Waals surface area (Å²) in [6.07, 6.45) is 0. The number of halogens is 2. The summed E-state index contributed by atoms with van der Waals surface area (Å²) in [5.41, 5.74) is 1.04. The standard InChI is InChI=1S/C10H18BrIN2OSi/c1-8-9(12)10(11)14(13-8)7-15-5-6-16(2,3)4/h5-7H2,1-4H3. The molecule has 1 heterocycles. The quantitative estimate of drug-likeness (QED) is 0.413.